The lowest BCUT2D eigenvalue weighted by atomic mass is 9.84. The molecule has 0 bridgehead atoms. The van der Waals surface area contributed by atoms with E-state index in [2.05, 4.69) is 9.97 Å². The van der Waals surface area contributed by atoms with E-state index < -0.39 is 0 Å². The van der Waals surface area contributed by atoms with Crippen LogP contribution in [-0.2, 0) is 16.0 Å². The minimum Gasteiger partial charge on any atom is -0.375 e. The highest BCUT2D eigenvalue weighted by atomic mass is 19.1. The second-order valence-corrected chi connectivity index (χ2v) is 8.73. The molecule has 1 aliphatic heterocycles. The number of carbonyl (C=O) groups is 2. The molecule has 7 nitrogen and oxygen atoms in total. The van der Waals surface area contributed by atoms with E-state index in [1.807, 2.05) is 11.0 Å². The molecule has 1 unspecified atom stereocenters. The van der Waals surface area contributed by atoms with E-state index in [9.17, 15) is 14.0 Å². The van der Waals surface area contributed by atoms with Crippen LogP contribution in [0.1, 0.15) is 28.8 Å². The summed E-state index contributed by atoms with van der Waals surface area (Å²) in [4.78, 5) is 37.9. The molecule has 4 rings (SSSR count). The summed E-state index contributed by atoms with van der Waals surface area (Å²) < 4.78 is 18.4. The Kier molecular flexibility index (Phi) is 7.47. The van der Waals surface area contributed by atoms with Crippen molar-refractivity contribution in [3.8, 4) is 0 Å². The summed E-state index contributed by atoms with van der Waals surface area (Å²) >= 11 is 0. The van der Waals surface area contributed by atoms with Crippen LogP contribution in [0, 0.1) is 11.7 Å². The highest BCUT2D eigenvalue weighted by Gasteiger charge is 2.33. The standard InChI is InChI=1S/C26H29FN4O3/c1-30(25(32)17-34-2)24(15-18-3-6-21(27)7-4-18)19-9-13-31(14-10-19)26(33)20-5-8-22-23(16-20)29-12-11-28-22/h3-8,11-12,16,19,24H,9-10,13-15,17H2,1-2H3. The zero-order valence-corrected chi connectivity index (χ0v) is 19.5. The van der Waals surface area contributed by atoms with Crippen LogP contribution in [0.25, 0.3) is 11.0 Å². The van der Waals surface area contributed by atoms with E-state index in [1.165, 1.54) is 19.2 Å². The van der Waals surface area contributed by atoms with Gasteiger partial charge in [0, 0.05) is 51.2 Å². The van der Waals surface area contributed by atoms with Gasteiger partial charge in [0.25, 0.3) is 5.91 Å². The van der Waals surface area contributed by atoms with Gasteiger partial charge in [-0.05, 0) is 61.1 Å². The van der Waals surface area contributed by atoms with Crippen molar-refractivity contribution < 1.29 is 18.7 Å². The zero-order chi connectivity index (χ0) is 24.1. The molecule has 1 fully saturated rings. The number of rotatable bonds is 7. The molecule has 1 aromatic heterocycles. The fourth-order valence-corrected chi connectivity index (χ4v) is 4.66. The molecular formula is C26H29FN4O3. The van der Waals surface area contributed by atoms with Gasteiger partial charge in [0.1, 0.15) is 12.4 Å². The average molecular weight is 465 g/mol. The Morgan fingerprint density at radius 3 is 2.44 bits per heavy atom. The predicted octanol–water partition coefficient (Wildman–Crippen LogP) is 3.34. The zero-order valence-electron chi connectivity index (χ0n) is 19.5. The quantitative estimate of drug-likeness (QED) is 0.536. The second-order valence-electron chi connectivity index (χ2n) is 8.73. The summed E-state index contributed by atoms with van der Waals surface area (Å²) in [6.07, 6.45) is 5.41. The first-order valence-corrected chi connectivity index (χ1v) is 11.5. The highest BCUT2D eigenvalue weighted by Crippen LogP contribution is 2.28. The molecule has 0 N–H and O–H groups in total. The molecule has 34 heavy (non-hydrogen) atoms. The maximum atomic E-state index is 13.4. The van der Waals surface area contributed by atoms with E-state index in [1.54, 1.807) is 48.6 Å². The lowest BCUT2D eigenvalue weighted by molar-refractivity contribution is -0.137. The molecule has 3 aromatic rings. The summed E-state index contributed by atoms with van der Waals surface area (Å²) in [5.41, 5.74) is 3.02. The first-order valence-electron chi connectivity index (χ1n) is 11.5. The number of halogens is 1. The minimum atomic E-state index is -0.282. The number of piperidine rings is 1. The molecule has 0 saturated carbocycles. The number of carbonyl (C=O) groups excluding carboxylic acids is 2. The summed E-state index contributed by atoms with van der Waals surface area (Å²) in [5.74, 6) is -0.187. The highest BCUT2D eigenvalue weighted by molar-refractivity contribution is 5.97. The Labute approximate surface area is 198 Å². The van der Waals surface area contributed by atoms with Crippen molar-refractivity contribution >= 4 is 22.8 Å². The Morgan fingerprint density at radius 1 is 1.09 bits per heavy atom. The van der Waals surface area contributed by atoms with E-state index in [4.69, 9.17) is 4.74 Å². The van der Waals surface area contributed by atoms with Gasteiger partial charge in [-0.25, -0.2) is 4.39 Å². The van der Waals surface area contributed by atoms with Crippen molar-refractivity contribution in [2.45, 2.75) is 25.3 Å². The minimum absolute atomic E-state index is 0.0125. The van der Waals surface area contributed by atoms with Crippen LogP contribution in [0.2, 0.25) is 0 Å². The number of likely N-dealkylation sites (tertiary alicyclic amines) is 1. The second kappa shape index (κ2) is 10.7. The molecule has 1 aliphatic rings. The molecule has 178 valence electrons. The number of aromatic nitrogens is 2. The lowest BCUT2D eigenvalue weighted by Crippen LogP contribution is -2.49. The molecule has 2 heterocycles. The van der Waals surface area contributed by atoms with Gasteiger partial charge in [-0.15, -0.1) is 0 Å². The van der Waals surface area contributed by atoms with Gasteiger partial charge in [0.15, 0.2) is 0 Å². The van der Waals surface area contributed by atoms with Gasteiger partial charge in [-0.1, -0.05) is 12.1 Å². The molecule has 8 heteroatoms. The van der Waals surface area contributed by atoms with Gasteiger partial charge >= 0.3 is 0 Å². The largest absolute Gasteiger partial charge is 0.375 e. The Bertz CT molecular complexity index is 1150. The van der Waals surface area contributed by atoms with Crippen molar-refractivity contribution in [1.29, 1.82) is 0 Å². The number of amides is 2. The molecule has 0 radical (unpaired) electrons. The number of ether oxygens (including phenoxy) is 1. The van der Waals surface area contributed by atoms with Crippen molar-refractivity contribution in [1.82, 2.24) is 19.8 Å². The molecule has 0 spiro atoms. The number of benzene rings is 2. The van der Waals surface area contributed by atoms with Crippen LogP contribution in [-0.4, -0.2) is 71.5 Å². The summed E-state index contributed by atoms with van der Waals surface area (Å²) in [7, 11) is 3.30. The van der Waals surface area contributed by atoms with Gasteiger partial charge in [0.2, 0.25) is 5.91 Å². The third-order valence-electron chi connectivity index (χ3n) is 6.60. The average Bonchev–Trinajstić information content (AvgIpc) is 2.87. The summed E-state index contributed by atoms with van der Waals surface area (Å²) in [6, 6.07) is 11.7. The van der Waals surface area contributed by atoms with Crippen molar-refractivity contribution in [3.05, 3.63) is 71.8 Å². The number of nitrogens with zero attached hydrogens (tertiary/aromatic N) is 4. The molecular weight excluding hydrogens is 435 g/mol. The van der Waals surface area contributed by atoms with Crippen LogP contribution in [0.3, 0.4) is 0 Å². The summed E-state index contributed by atoms with van der Waals surface area (Å²) in [5, 5.41) is 0. The smallest absolute Gasteiger partial charge is 0.253 e. The lowest BCUT2D eigenvalue weighted by Gasteiger charge is -2.40. The monoisotopic (exact) mass is 464 g/mol. The molecule has 1 atom stereocenters. The van der Waals surface area contributed by atoms with E-state index in [0.717, 1.165) is 23.9 Å². The number of hydrogen-bond donors (Lipinski definition) is 0. The third kappa shape index (κ3) is 5.39. The number of likely N-dealkylation sites (N-methyl/N-ethyl adjacent to an activating group) is 1. The van der Waals surface area contributed by atoms with Crippen LogP contribution in [0.4, 0.5) is 4.39 Å². The van der Waals surface area contributed by atoms with Gasteiger partial charge < -0.3 is 14.5 Å². The van der Waals surface area contributed by atoms with Crippen LogP contribution >= 0.6 is 0 Å². The third-order valence-corrected chi connectivity index (χ3v) is 6.60. The maximum Gasteiger partial charge on any atom is 0.253 e. The Balaban J connectivity index is 1.46. The first kappa shape index (κ1) is 23.8. The fourth-order valence-electron chi connectivity index (χ4n) is 4.66. The SMILES string of the molecule is COCC(=O)N(C)C(Cc1ccc(F)cc1)C1CCN(C(=O)c2ccc3nccnc3c2)CC1. The molecule has 0 aliphatic carbocycles. The predicted molar refractivity (Wildman–Crippen MR) is 127 cm³/mol. The Morgan fingerprint density at radius 2 is 1.76 bits per heavy atom. The van der Waals surface area contributed by atoms with Crippen molar-refractivity contribution in [2.75, 3.05) is 33.9 Å². The van der Waals surface area contributed by atoms with Gasteiger partial charge in [-0.2, -0.15) is 0 Å². The van der Waals surface area contributed by atoms with E-state index in [-0.39, 0.29) is 36.2 Å². The van der Waals surface area contributed by atoms with Gasteiger partial charge in [-0.3, -0.25) is 19.6 Å². The van der Waals surface area contributed by atoms with E-state index in [0.29, 0.717) is 30.6 Å². The van der Waals surface area contributed by atoms with Crippen molar-refractivity contribution in [2.24, 2.45) is 5.92 Å². The topological polar surface area (TPSA) is 75.6 Å². The van der Waals surface area contributed by atoms with Crippen LogP contribution in [0.15, 0.2) is 54.9 Å². The molecule has 2 aromatic carbocycles. The maximum absolute atomic E-state index is 13.4. The number of methoxy groups -OCH3 is 1. The number of hydrogen-bond acceptors (Lipinski definition) is 5. The van der Waals surface area contributed by atoms with Gasteiger partial charge in [0.05, 0.1) is 11.0 Å². The number of fused-ring (bicyclic) bond motifs is 1. The molecule has 2 amide bonds. The van der Waals surface area contributed by atoms with E-state index >= 15 is 0 Å². The van der Waals surface area contributed by atoms with Crippen LogP contribution in [0.5, 0.6) is 0 Å². The molecule has 1 saturated heterocycles. The fraction of sp³-hybridized carbons (Fsp3) is 0.385. The summed E-state index contributed by atoms with van der Waals surface area (Å²) in [6.45, 7) is 1.22. The Hall–Kier alpha value is -3.39. The normalized spacial score (nSPS) is 15.3. The van der Waals surface area contributed by atoms with Crippen LogP contribution < -0.4 is 0 Å². The first-order chi connectivity index (χ1) is 16.5. The van der Waals surface area contributed by atoms with Crippen molar-refractivity contribution in [3.63, 3.8) is 0 Å².